The van der Waals surface area contributed by atoms with E-state index in [9.17, 15) is 18.4 Å². The van der Waals surface area contributed by atoms with Gasteiger partial charge >= 0.3 is 12.1 Å². The third-order valence-electron chi connectivity index (χ3n) is 7.45. The average molecular weight is 578 g/mol. The van der Waals surface area contributed by atoms with Crippen molar-refractivity contribution in [2.24, 2.45) is 5.92 Å². The molecular formula is C26H37F2N9O4. The van der Waals surface area contributed by atoms with Crippen molar-refractivity contribution in [1.82, 2.24) is 35.1 Å². The fourth-order valence-electron chi connectivity index (χ4n) is 4.91. The molecule has 2 aromatic rings. The maximum Gasteiger partial charge on any atom is 0.414 e. The molecule has 2 aliphatic heterocycles. The standard InChI is InChI=1S/C26H37F2N9O4/c1-5-40-22-15-30-20(14-31-22)33-24(38)36(4)19-16-37(13-9-26(19,27)28)23-29-10-6-21(34-23)41-25(39)32-17(2)18-7-11-35(3)12-8-18/h6,10,14-15,17-19H,5,7-9,11-13,16H2,1-4H3,(H,32,39)(H,30,33,38)/t17-,19+/m1/s1. The molecule has 0 aromatic carbocycles. The first-order chi connectivity index (χ1) is 19.6. The highest BCUT2D eigenvalue weighted by molar-refractivity contribution is 5.88. The highest BCUT2D eigenvalue weighted by Gasteiger charge is 2.48. The van der Waals surface area contributed by atoms with Crippen molar-refractivity contribution in [2.75, 3.05) is 57.1 Å². The van der Waals surface area contributed by atoms with E-state index in [4.69, 9.17) is 9.47 Å². The number of likely N-dealkylation sites (N-methyl/N-ethyl adjacent to an activating group) is 1. The molecule has 4 rings (SSSR count). The predicted molar refractivity (Wildman–Crippen MR) is 146 cm³/mol. The number of likely N-dealkylation sites (tertiary alicyclic amines) is 1. The van der Waals surface area contributed by atoms with Crippen LogP contribution < -0.4 is 25.0 Å². The second-order valence-electron chi connectivity index (χ2n) is 10.3. The van der Waals surface area contributed by atoms with Crippen molar-refractivity contribution in [3.05, 3.63) is 24.7 Å². The number of nitrogens with one attached hydrogen (secondary N) is 2. The Hall–Kier alpha value is -3.88. The van der Waals surface area contributed by atoms with Crippen LogP contribution in [0.3, 0.4) is 0 Å². The maximum atomic E-state index is 15.0. The van der Waals surface area contributed by atoms with Gasteiger partial charge < -0.3 is 29.5 Å². The first-order valence-electron chi connectivity index (χ1n) is 13.7. The SMILES string of the molecule is CCOc1cnc(NC(=O)N(C)[C@H]2CN(c3nccc(OC(=O)N[C@H](C)C4CCN(C)CC4)n3)CCC2(F)F)cn1. The van der Waals surface area contributed by atoms with E-state index >= 15 is 0 Å². The number of amides is 3. The average Bonchev–Trinajstić information content (AvgIpc) is 2.94. The zero-order chi connectivity index (χ0) is 29.6. The Morgan fingerprint density at radius 2 is 1.93 bits per heavy atom. The van der Waals surface area contributed by atoms with Crippen LogP contribution in [0, 0.1) is 5.92 Å². The molecule has 0 bridgehead atoms. The summed E-state index contributed by atoms with van der Waals surface area (Å²) in [6.45, 7) is 5.81. The van der Waals surface area contributed by atoms with Gasteiger partial charge in [-0.05, 0) is 52.7 Å². The quantitative estimate of drug-likeness (QED) is 0.482. The number of ether oxygens (including phenoxy) is 2. The largest absolute Gasteiger partial charge is 0.477 e. The summed E-state index contributed by atoms with van der Waals surface area (Å²) < 4.78 is 40.6. The number of carbonyl (C=O) groups excluding carboxylic acids is 2. The second-order valence-corrected chi connectivity index (χ2v) is 10.3. The smallest absolute Gasteiger partial charge is 0.414 e. The van der Waals surface area contributed by atoms with Gasteiger partial charge in [-0.3, -0.25) is 5.32 Å². The summed E-state index contributed by atoms with van der Waals surface area (Å²) in [4.78, 5) is 46.6. The van der Waals surface area contributed by atoms with Crippen LogP contribution in [0.1, 0.15) is 33.1 Å². The maximum absolute atomic E-state index is 15.0. The number of aromatic nitrogens is 4. The summed E-state index contributed by atoms with van der Waals surface area (Å²) in [5.41, 5.74) is 0. The number of rotatable bonds is 8. The highest BCUT2D eigenvalue weighted by atomic mass is 19.3. The van der Waals surface area contributed by atoms with Crippen LogP contribution >= 0.6 is 0 Å². The number of urea groups is 1. The van der Waals surface area contributed by atoms with Gasteiger partial charge in [-0.1, -0.05) is 0 Å². The van der Waals surface area contributed by atoms with Gasteiger partial charge in [0, 0.05) is 44.9 Å². The third-order valence-corrected chi connectivity index (χ3v) is 7.45. The minimum Gasteiger partial charge on any atom is -0.477 e. The molecule has 2 fully saturated rings. The number of nitrogens with zero attached hydrogens (tertiary/aromatic N) is 7. The number of piperidine rings is 2. The molecule has 2 N–H and O–H groups in total. The molecule has 15 heteroatoms. The van der Waals surface area contributed by atoms with Crippen molar-refractivity contribution in [3.8, 4) is 11.8 Å². The Morgan fingerprint density at radius 1 is 1.17 bits per heavy atom. The van der Waals surface area contributed by atoms with E-state index in [1.54, 1.807) is 6.92 Å². The van der Waals surface area contributed by atoms with E-state index in [2.05, 4.69) is 42.5 Å². The molecule has 13 nitrogen and oxygen atoms in total. The van der Waals surface area contributed by atoms with Crippen molar-refractivity contribution in [3.63, 3.8) is 0 Å². The lowest BCUT2D eigenvalue weighted by Gasteiger charge is -2.42. The molecule has 0 spiro atoms. The Kier molecular flexibility index (Phi) is 9.68. The van der Waals surface area contributed by atoms with E-state index in [0.29, 0.717) is 12.5 Å². The van der Waals surface area contributed by atoms with Crippen LogP contribution in [-0.4, -0.2) is 107 Å². The van der Waals surface area contributed by atoms with Gasteiger partial charge in [0.15, 0.2) is 5.82 Å². The lowest BCUT2D eigenvalue weighted by atomic mass is 9.91. The molecule has 0 radical (unpaired) electrons. The van der Waals surface area contributed by atoms with Crippen molar-refractivity contribution >= 4 is 23.9 Å². The fourth-order valence-corrected chi connectivity index (χ4v) is 4.91. The summed E-state index contributed by atoms with van der Waals surface area (Å²) in [6, 6.07) is -0.906. The Balaban J connectivity index is 1.36. The molecular weight excluding hydrogens is 540 g/mol. The summed E-state index contributed by atoms with van der Waals surface area (Å²) in [6.07, 6.45) is 4.81. The van der Waals surface area contributed by atoms with Gasteiger partial charge in [0.25, 0.3) is 5.92 Å². The molecule has 41 heavy (non-hydrogen) atoms. The lowest BCUT2D eigenvalue weighted by Crippen LogP contribution is -2.60. The predicted octanol–water partition coefficient (Wildman–Crippen LogP) is 2.86. The molecule has 2 saturated heterocycles. The molecule has 224 valence electrons. The van der Waals surface area contributed by atoms with Gasteiger partial charge in [0.05, 0.1) is 19.0 Å². The summed E-state index contributed by atoms with van der Waals surface area (Å²) >= 11 is 0. The van der Waals surface area contributed by atoms with Gasteiger partial charge in [0.2, 0.25) is 17.7 Å². The van der Waals surface area contributed by atoms with E-state index in [-0.39, 0.29) is 42.7 Å². The normalized spacial score (nSPS) is 20.1. The molecule has 2 aromatic heterocycles. The minimum absolute atomic E-state index is 0.00265. The number of hydrogen-bond donors (Lipinski definition) is 2. The highest BCUT2D eigenvalue weighted by Crippen LogP contribution is 2.33. The molecule has 0 unspecified atom stereocenters. The first kappa shape index (κ1) is 30.1. The fraction of sp³-hybridized carbons (Fsp3) is 0.615. The van der Waals surface area contributed by atoms with Crippen molar-refractivity contribution in [1.29, 1.82) is 0 Å². The van der Waals surface area contributed by atoms with Crippen LogP contribution in [-0.2, 0) is 0 Å². The van der Waals surface area contributed by atoms with E-state index in [0.717, 1.165) is 30.8 Å². The molecule has 0 saturated carbocycles. The molecule has 2 aliphatic rings. The Morgan fingerprint density at radius 3 is 2.61 bits per heavy atom. The lowest BCUT2D eigenvalue weighted by molar-refractivity contribution is -0.0760. The van der Waals surface area contributed by atoms with Crippen molar-refractivity contribution in [2.45, 2.75) is 51.1 Å². The van der Waals surface area contributed by atoms with E-state index in [1.165, 1.54) is 36.6 Å². The number of hydrogen-bond acceptors (Lipinski definition) is 10. The minimum atomic E-state index is -3.16. The van der Waals surface area contributed by atoms with Crippen LogP contribution in [0.15, 0.2) is 24.7 Å². The Bertz CT molecular complexity index is 1180. The van der Waals surface area contributed by atoms with Gasteiger partial charge in [0.1, 0.15) is 6.04 Å². The van der Waals surface area contributed by atoms with Crippen LogP contribution in [0.4, 0.5) is 30.1 Å². The number of halogens is 2. The van der Waals surface area contributed by atoms with E-state index in [1.807, 2.05) is 6.92 Å². The van der Waals surface area contributed by atoms with Gasteiger partial charge in [-0.15, -0.1) is 0 Å². The number of carbonyl (C=O) groups is 2. The second kappa shape index (κ2) is 13.2. The van der Waals surface area contributed by atoms with Crippen LogP contribution in [0.25, 0.3) is 0 Å². The van der Waals surface area contributed by atoms with Gasteiger partial charge in [-0.25, -0.2) is 33.3 Å². The summed E-state index contributed by atoms with van der Waals surface area (Å²) in [5, 5.41) is 5.35. The zero-order valence-corrected chi connectivity index (χ0v) is 23.7. The molecule has 0 aliphatic carbocycles. The monoisotopic (exact) mass is 577 g/mol. The molecule has 2 atom stereocenters. The third kappa shape index (κ3) is 7.86. The van der Waals surface area contributed by atoms with Crippen LogP contribution in [0.5, 0.6) is 11.8 Å². The summed E-state index contributed by atoms with van der Waals surface area (Å²) in [5.74, 6) is -2.32. The first-order valence-corrected chi connectivity index (χ1v) is 13.7. The van der Waals surface area contributed by atoms with Gasteiger partial charge in [-0.2, -0.15) is 4.98 Å². The zero-order valence-electron chi connectivity index (χ0n) is 23.7. The van der Waals surface area contributed by atoms with E-state index < -0.39 is 30.5 Å². The number of anilines is 2. The topological polar surface area (TPSA) is 138 Å². The van der Waals surface area contributed by atoms with Crippen molar-refractivity contribution < 1.29 is 27.8 Å². The van der Waals surface area contributed by atoms with Crippen LogP contribution in [0.2, 0.25) is 0 Å². The summed E-state index contributed by atoms with van der Waals surface area (Å²) in [7, 11) is 3.36. The Labute approximate surface area is 237 Å². The number of alkyl halides is 2. The molecule has 4 heterocycles. The molecule has 3 amide bonds.